The number of nitrogens with zero attached hydrogens (tertiary/aromatic N) is 2. The minimum Gasteiger partial charge on any atom is -0.495 e. The Balaban J connectivity index is 1.98. The van der Waals surface area contributed by atoms with Crippen molar-refractivity contribution in [2.24, 2.45) is 0 Å². The molecule has 0 amide bonds. The molecule has 120 valence electrons. The average molecular weight is 324 g/mol. The molecule has 0 unspecified atom stereocenters. The van der Waals surface area contributed by atoms with Gasteiger partial charge < -0.3 is 15.2 Å². The molecule has 0 aliphatic heterocycles. The van der Waals surface area contributed by atoms with Crippen molar-refractivity contribution >= 4 is 11.6 Å². The summed E-state index contributed by atoms with van der Waals surface area (Å²) in [4.78, 5) is 0. The predicted molar refractivity (Wildman–Crippen MR) is 87.3 cm³/mol. The molecule has 0 aliphatic carbocycles. The van der Waals surface area contributed by atoms with Gasteiger partial charge in [0, 0.05) is 24.3 Å². The Morgan fingerprint density at radius 1 is 1.32 bits per heavy atom. The number of aliphatic hydroxyl groups excluding tert-OH is 1. The SMILES string of the molecule is COc1ccc(CNCc2c(C)nn(CCO)c2C)cc1Cl. The normalized spacial score (nSPS) is 11.0. The fraction of sp³-hybridized carbons (Fsp3) is 0.438. The van der Waals surface area contributed by atoms with E-state index in [0.29, 0.717) is 23.9 Å². The quantitative estimate of drug-likeness (QED) is 0.821. The summed E-state index contributed by atoms with van der Waals surface area (Å²) in [6.07, 6.45) is 0. The van der Waals surface area contributed by atoms with E-state index in [1.807, 2.05) is 36.7 Å². The molecule has 0 spiro atoms. The first kappa shape index (κ1) is 16.8. The van der Waals surface area contributed by atoms with Crippen molar-refractivity contribution in [3.8, 4) is 5.75 Å². The van der Waals surface area contributed by atoms with Crippen molar-refractivity contribution in [3.63, 3.8) is 0 Å². The number of halogens is 1. The second-order valence-corrected chi connectivity index (χ2v) is 5.58. The van der Waals surface area contributed by atoms with Crippen LogP contribution in [0.1, 0.15) is 22.5 Å². The molecule has 0 radical (unpaired) electrons. The molecule has 1 aromatic carbocycles. The molecule has 2 N–H and O–H groups in total. The maximum absolute atomic E-state index is 9.04. The Bertz CT molecular complexity index is 641. The van der Waals surface area contributed by atoms with E-state index in [1.54, 1.807) is 7.11 Å². The lowest BCUT2D eigenvalue weighted by Crippen LogP contribution is -2.14. The van der Waals surface area contributed by atoms with E-state index in [-0.39, 0.29) is 6.61 Å². The molecule has 0 fully saturated rings. The summed E-state index contributed by atoms with van der Waals surface area (Å²) in [7, 11) is 1.61. The van der Waals surface area contributed by atoms with Gasteiger partial charge in [0.25, 0.3) is 0 Å². The molecule has 22 heavy (non-hydrogen) atoms. The van der Waals surface area contributed by atoms with Gasteiger partial charge in [0.05, 0.1) is 31.0 Å². The third-order valence-corrected chi connectivity index (χ3v) is 3.99. The summed E-state index contributed by atoms with van der Waals surface area (Å²) in [6.45, 7) is 6.08. The van der Waals surface area contributed by atoms with Crippen molar-refractivity contribution in [2.75, 3.05) is 13.7 Å². The van der Waals surface area contributed by atoms with Gasteiger partial charge in [-0.1, -0.05) is 17.7 Å². The third kappa shape index (κ3) is 3.80. The highest BCUT2D eigenvalue weighted by atomic mass is 35.5. The second kappa shape index (κ2) is 7.63. The lowest BCUT2D eigenvalue weighted by molar-refractivity contribution is 0.267. The summed E-state index contributed by atoms with van der Waals surface area (Å²) in [5, 5.41) is 17.5. The lowest BCUT2D eigenvalue weighted by atomic mass is 10.1. The van der Waals surface area contributed by atoms with E-state index >= 15 is 0 Å². The van der Waals surface area contributed by atoms with E-state index in [2.05, 4.69) is 10.4 Å². The molecule has 0 aliphatic rings. The van der Waals surface area contributed by atoms with Crippen molar-refractivity contribution in [1.82, 2.24) is 15.1 Å². The van der Waals surface area contributed by atoms with Gasteiger partial charge >= 0.3 is 0 Å². The summed E-state index contributed by atoms with van der Waals surface area (Å²) in [5.74, 6) is 0.683. The van der Waals surface area contributed by atoms with E-state index < -0.39 is 0 Å². The number of benzene rings is 1. The number of hydrogen-bond donors (Lipinski definition) is 2. The minimum absolute atomic E-state index is 0.0964. The molecule has 5 nitrogen and oxygen atoms in total. The average Bonchev–Trinajstić information content (AvgIpc) is 2.75. The van der Waals surface area contributed by atoms with Crippen molar-refractivity contribution in [2.45, 2.75) is 33.5 Å². The molecule has 0 saturated heterocycles. The van der Waals surface area contributed by atoms with Gasteiger partial charge in [-0.05, 0) is 31.5 Å². The first-order chi connectivity index (χ1) is 10.6. The minimum atomic E-state index is 0.0964. The summed E-state index contributed by atoms with van der Waals surface area (Å²) in [5.41, 5.74) is 4.36. The Hall–Kier alpha value is -1.56. The van der Waals surface area contributed by atoms with E-state index in [9.17, 15) is 0 Å². The van der Waals surface area contributed by atoms with Gasteiger partial charge in [-0.3, -0.25) is 4.68 Å². The number of methoxy groups -OCH3 is 1. The van der Waals surface area contributed by atoms with E-state index in [0.717, 1.165) is 23.5 Å². The molecule has 1 heterocycles. The number of nitrogens with one attached hydrogen (secondary N) is 1. The van der Waals surface area contributed by atoms with E-state index in [1.165, 1.54) is 5.56 Å². The molecular weight excluding hydrogens is 302 g/mol. The topological polar surface area (TPSA) is 59.3 Å². The van der Waals surface area contributed by atoms with Crippen molar-refractivity contribution in [1.29, 1.82) is 0 Å². The smallest absolute Gasteiger partial charge is 0.137 e. The summed E-state index contributed by atoms with van der Waals surface area (Å²) >= 11 is 6.12. The van der Waals surface area contributed by atoms with Gasteiger partial charge in [0.15, 0.2) is 0 Å². The van der Waals surface area contributed by atoms with Crippen LogP contribution in [-0.4, -0.2) is 28.6 Å². The lowest BCUT2D eigenvalue weighted by Gasteiger charge is -2.08. The Morgan fingerprint density at radius 3 is 2.73 bits per heavy atom. The zero-order valence-electron chi connectivity index (χ0n) is 13.2. The van der Waals surface area contributed by atoms with Crippen LogP contribution in [0.3, 0.4) is 0 Å². The zero-order valence-corrected chi connectivity index (χ0v) is 13.9. The van der Waals surface area contributed by atoms with Crippen LogP contribution in [0.15, 0.2) is 18.2 Å². The van der Waals surface area contributed by atoms with Crippen molar-refractivity contribution in [3.05, 3.63) is 45.7 Å². The van der Waals surface area contributed by atoms with Crippen LogP contribution in [-0.2, 0) is 19.6 Å². The Labute approximate surface area is 135 Å². The maximum Gasteiger partial charge on any atom is 0.137 e. The number of hydrogen-bond acceptors (Lipinski definition) is 4. The number of rotatable bonds is 7. The van der Waals surface area contributed by atoms with Crippen LogP contribution in [0.25, 0.3) is 0 Å². The summed E-state index contributed by atoms with van der Waals surface area (Å²) in [6, 6.07) is 5.77. The first-order valence-electron chi connectivity index (χ1n) is 7.23. The van der Waals surface area contributed by atoms with Gasteiger partial charge in [-0.15, -0.1) is 0 Å². The number of aryl methyl sites for hydroxylation is 1. The van der Waals surface area contributed by atoms with Crippen LogP contribution in [0.5, 0.6) is 5.75 Å². The molecule has 2 rings (SSSR count). The van der Waals surface area contributed by atoms with Crippen LogP contribution < -0.4 is 10.1 Å². The largest absolute Gasteiger partial charge is 0.495 e. The molecule has 0 atom stereocenters. The number of aromatic nitrogens is 2. The second-order valence-electron chi connectivity index (χ2n) is 5.17. The predicted octanol–water partition coefficient (Wildman–Crippen LogP) is 2.44. The molecule has 2 aromatic rings. The Kier molecular flexibility index (Phi) is 5.83. The van der Waals surface area contributed by atoms with Crippen LogP contribution in [0.4, 0.5) is 0 Å². The third-order valence-electron chi connectivity index (χ3n) is 3.69. The highest BCUT2D eigenvalue weighted by Crippen LogP contribution is 2.24. The zero-order chi connectivity index (χ0) is 16.1. The standard InChI is InChI=1S/C16H22ClN3O2/c1-11-14(12(2)20(19-11)6-7-21)10-18-9-13-4-5-16(22-3)15(17)8-13/h4-5,8,18,21H,6-7,9-10H2,1-3H3. The fourth-order valence-corrected chi connectivity index (χ4v) is 2.73. The molecule has 0 saturated carbocycles. The molecule has 1 aromatic heterocycles. The fourth-order valence-electron chi connectivity index (χ4n) is 2.45. The van der Waals surface area contributed by atoms with Crippen LogP contribution in [0, 0.1) is 13.8 Å². The number of aliphatic hydroxyl groups is 1. The van der Waals surface area contributed by atoms with Gasteiger partial charge in [-0.2, -0.15) is 5.10 Å². The number of ether oxygens (including phenoxy) is 1. The maximum atomic E-state index is 9.04. The molecular formula is C16H22ClN3O2. The van der Waals surface area contributed by atoms with Crippen LogP contribution >= 0.6 is 11.6 Å². The van der Waals surface area contributed by atoms with Crippen LogP contribution in [0.2, 0.25) is 5.02 Å². The van der Waals surface area contributed by atoms with Gasteiger partial charge in [-0.25, -0.2) is 0 Å². The van der Waals surface area contributed by atoms with Gasteiger partial charge in [0.2, 0.25) is 0 Å². The first-order valence-corrected chi connectivity index (χ1v) is 7.61. The highest BCUT2D eigenvalue weighted by molar-refractivity contribution is 6.32. The Morgan fingerprint density at radius 2 is 2.09 bits per heavy atom. The van der Waals surface area contributed by atoms with Gasteiger partial charge in [0.1, 0.15) is 5.75 Å². The van der Waals surface area contributed by atoms with E-state index in [4.69, 9.17) is 21.4 Å². The highest BCUT2D eigenvalue weighted by Gasteiger charge is 2.10. The molecule has 6 heteroatoms. The van der Waals surface area contributed by atoms with Crippen molar-refractivity contribution < 1.29 is 9.84 Å². The molecule has 0 bridgehead atoms. The summed E-state index contributed by atoms with van der Waals surface area (Å²) < 4.78 is 6.99. The monoisotopic (exact) mass is 323 g/mol.